The fourth-order valence-electron chi connectivity index (χ4n) is 2.26. The van der Waals surface area contributed by atoms with Crippen molar-refractivity contribution < 1.29 is 18.7 Å². The number of hydrogen-bond donors (Lipinski definition) is 2. The molecular weight excluding hydrogens is 297 g/mol. The second-order valence-corrected chi connectivity index (χ2v) is 4.94. The van der Waals surface area contributed by atoms with Crippen molar-refractivity contribution >= 4 is 29.1 Å². The van der Waals surface area contributed by atoms with Gasteiger partial charge in [-0.25, -0.2) is 4.39 Å². The number of primary amides is 1. The number of carbonyl (C=O) groups is 2. The van der Waals surface area contributed by atoms with Crippen molar-refractivity contribution in [2.24, 2.45) is 5.73 Å². The van der Waals surface area contributed by atoms with Crippen LogP contribution in [0.2, 0.25) is 0 Å². The summed E-state index contributed by atoms with van der Waals surface area (Å²) in [5.74, 6) is -0.971. The highest BCUT2D eigenvalue weighted by Crippen LogP contribution is 2.34. The summed E-state index contributed by atoms with van der Waals surface area (Å²) in [6, 6.07) is 3.37. The number of nitrogens with two attached hydrogens (primary N) is 1. The van der Waals surface area contributed by atoms with Crippen molar-refractivity contribution in [2.45, 2.75) is 12.5 Å². The minimum absolute atomic E-state index is 0.0211. The van der Waals surface area contributed by atoms with Gasteiger partial charge in [0.25, 0.3) is 0 Å². The van der Waals surface area contributed by atoms with Crippen molar-refractivity contribution in [3.05, 3.63) is 29.6 Å². The number of amides is 2. The second kappa shape index (κ2) is 6.04. The Kier molecular flexibility index (Phi) is 4.37. The summed E-state index contributed by atoms with van der Waals surface area (Å²) < 4.78 is 18.7. The molecule has 1 aliphatic heterocycles. The third kappa shape index (κ3) is 3.27. The van der Waals surface area contributed by atoms with Gasteiger partial charge in [-0.1, -0.05) is 0 Å². The number of halogens is 1. The number of ether oxygens (including phenoxy) is 1. The highest BCUT2D eigenvalue weighted by Gasteiger charge is 2.33. The van der Waals surface area contributed by atoms with E-state index in [-0.39, 0.29) is 24.0 Å². The fourth-order valence-corrected chi connectivity index (χ4v) is 2.57. The van der Waals surface area contributed by atoms with Crippen molar-refractivity contribution in [3.63, 3.8) is 0 Å². The molecule has 6 nitrogen and oxygen atoms in total. The quantitative estimate of drug-likeness (QED) is 0.790. The van der Waals surface area contributed by atoms with E-state index in [1.807, 2.05) is 0 Å². The first-order valence-corrected chi connectivity index (χ1v) is 6.55. The van der Waals surface area contributed by atoms with Gasteiger partial charge in [-0.2, -0.15) is 0 Å². The molecule has 1 aliphatic rings. The van der Waals surface area contributed by atoms with E-state index in [1.165, 1.54) is 30.2 Å². The molecule has 2 amide bonds. The maximum Gasteiger partial charge on any atom is 0.237 e. The Bertz CT molecular complexity index is 608. The lowest BCUT2D eigenvalue weighted by Gasteiger charge is -2.37. The molecule has 8 heteroatoms. The normalized spacial score (nSPS) is 18.4. The zero-order valence-corrected chi connectivity index (χ0v) is 12.1. The van der Waals surface area contributed by atoms with Crippen LogP contribution in [-0.2, 0) is 9.59 Å². The molecule has 1 heterocycles. The molecule has 112 valence electrons. The molecular formula is C13H14FN3O3S. The molecule has 1 aromatic carbocycles. The standard InChI is InChI=1S/C13H14FN3O3S/c1-20-10-3-2-7(14)4-8(10)9-5-12(19)16-13(21)17(9)6-11(15)18/h2-4,9H,5-6H2,1H3,(H2,15,18)(H,16,19,21). The van der Waals surface area contributed by atoms with Gasteiger partial charge in [-0.15, -0.1) is 0 Å². The van der Waals surface area contributed by atoms with Gasteiger partial charge in [0.1, 0.15) is 11.6 Å². The average molecular weight is 311 g/mol. The van der Waals surface area contributed by atoms with E-state index in [1.54, 1.807) is 0 Å². The highest BCUT2D eigenvalue weighted by molar-refractivity contribution is 7.80. The minimum atomic E-state index is -0.607. The zero-order valence-electron chi connectivity index (χ0n) is 11.3. The number of carbonyl (C=O) groups excluding carboxylic acids is 2. The molecule has 0 aromatic heterocycles. The fraction of sp³-hybridized carbons (Fsp3) is 0.308. The number of nitrogens with zero attached hydrogens (tertiary/aromatic N) is 1. The Morgan fingerprint density at radius 1 is 1.62 bits per heavy atom. The molecule has 0 saturated carbocycles. The summed E-state index contributed by atoms with van der Waals surface area (Å²) in [5, 5.41) is 2.55. The summed E-state index contributed by atoms with van der Waals surface area (Å²) in [4.78, 5) is 24.3. The van der Waals surface area contributed by atoms with Crippen molar-refractivity contribution in [3.8, 4) is 5.75 Å². The number of nitrogens with one attached hydrogen (secondary N) is 1. The Morgan fingerprint density at radius 3 is 2.95 bits per heavy atom. The molecule has 0 radical (unpaired) electrons. The molecule has 0 spiro atoms. The topological polar surface area (TPSA) is 84.7 Å². The summed E-state index contributed by atoms with van der Waals surface area (Å²) in [6.45, 7) is -0.177. The van der Waals surface area contributed by atoms with Gasteiger partial charge in [0.15, 0.2) is 5.11 Å². The summed E-state index contributed by atoms with van der Waals surface area (Å²) in [5.41, 5.74) is 5.64. The molecule has 1 unspecified atom stereocenters. The molecule has 2 rings (SSSR count). The predicted molar refractivity (Wildman–Crippen MR) is 77.0 cm³/mol. The Morgan fingerprint density at radius 2 is 2.33 bits per heavy atom. The van der Waals surface area contributed by atoms with Crippen LogP contribution >= 0.6 is 12.2 Å². The number of thiocarbonyl (C=S) groups is 1. The van der Waals surface area contributed by atoms with Crippen LogP contribution in [0, 0.1) is 5.82 Å². The van der Waals surface area contributed by atoms with E-state index < -0.39 is 17.8 Å². The van der Waals surface area contributed by atoms with Crippen LogP contribution in [0.1, 0.15) is 18.0 Å². The molecule has 1 aromatic rings. The van der Waals surface area contributed by atoms with E-state index in [0.29, 0.717) is 11.3 Å². The third-order valence-electron chi connectivity index (χ3n) is 3.14. The van der Waals surface area contributed by atoms with Crippen LogP contribution in [0.15, 0.2) is 18.2 Å². The summed E-state index contributed by atoms with van der Waals surface area (Å²) in [6.07, 6.45) is 0.0211. The van der Waals surface area contributed by atoms with E-state index >= 15 is 0 Å². The average Bonchev–Trinajstić information content (AvgIpc) is 2.41. The van der Waals surface area contributed by atoms with Gasteiger partial charge < -0.3 is 20.7 Å². The number of rotatable bonds is 4. The largest absolute Gasteiger partial charge is 0.496 e. The summed E-state index contributed by atoms with van der Waals surface area (Å²) in [7, 11) is 1.44. The molecule has 1 saturated heterocycles. The van der Waals surface area contributed by atoms with Crippen LogP contribution in [0.25, 0.3) is 0 Å². The van der Waals surface area contributed by atoms with Gasteiger partial charge in [-0.3, -0.25) is 9.59 Å². The minimum Gasteiger partial charge on any atom is -0.496 e. The van der Waals surface area contributed by atoms with Crippen LogP contribution < -0.4 is 15.8 Å². The molecule has 1 fully saturated rings. The number of benzene rings is 1. The van der Waals surface area contributed by atoms with Crippen molar-refractivity contribution in [1.29, 1.82) is 0 Å². The van der Waals surface area contributed by atoms with Gasteiger partial charge in [0.05, 0.1) is 26.1 Å². The maximum absolute atomic E-state index is 13.5. The molecule has 21 heavy (non-hydrogen) atoms. The lowest BCUT2D eigenvalue weighted by molar-refractivity contribution is -0.124. The van der Waals surface area contributed by atoms with E-state index in [9.17, 15) is 14.0 Å². The van der Waals surface area contributed by atoms with Gasteiger partial charge in [-0.05, 0) is 30.4 Å². The Labute approximate surface area is 126 Å². The van der Waals surface area contributed by atoms with E-state index in [4.69, 9.17) is 22.7 Å². The molecule has 3 N–H and O–H groups in total. The van der Waals surface area contributed by atoms with Crippen LogP contribution in [-0.4, -0.2) is 35.5 Å². The lowest BCUT2D eigenvalue weighted by Crippen LogP contribution is -2.53. The first kappa shape index (κ1) is 15.2. The number of methoxy groups -OCH3 is 1. The van der Waals surface area contributed by atoms with Gasteiger partial charge in [0, 0.05) is 5.56 Å². The zero-order chi connectivity index (χ0) is 15.6. The smallest absolute Gasteiger partial charge is 0.237 e. The molecule has 0 bridgehead atoms. The predicted octanol–water partition coefficient (Wildman–Crippen LogP) is 0.467. The van der Waals surface area contributed by atoms with Crippen LogP contribution in [0.4, 0.5) is 4.39 Å². The maximum atomic E-state index is 13.5. The molecule has 1 atom stereocenters. The number of hydrogen-bond acceptors (Lipinski definition) is 4. The van der Waals surface area contributed by atoms with Gasteiger partial charge >= 0.3 is 0 Å². The first-order valence-electron chi connectivity index (χ1n) is 6.14. The SMILES string of the molecule is COc1ccc(F)cc1C1CC(=O)NC(=S)N1CC(N)=O. The second-order valence-electron chi connectivity index (χ2n) is 4.55. The van der Waals surface area contributed by atoms with Crippen LogP contribution in [0.3, 0.4) is 0 Å². The van der Waals surface area contributed by atoms with Crippen LogP contribution in [0.5, 0.6) is 5.75 Å². The summed E-state index contributed by atoms with van der Waals surface area (Å²) >= 11 is 5.06. The third-order valence-corrected chi connectivity index (χ3v) is 3.48. The first-order chi connectivity index (χ1) is 9.92. The lowest BCUT2D eigenvalue weighted by atomic mass is 9.98. The van der Waals surface area contributed by atoms with E-state index in [0.717, 1.165) is 0 Å². The monoisotopic (exact) mass is 311 g/mol. The Balaban J connectivity index is 2.45. The Hall–Kier alpha value is -2.22. The molecule has 0 aliphatic carbocycles. The highest BCUT2D eigenvalue weighted by atomic mass is 32.1. The van der Waals surface area contributed by atoms with Crippen molar-refractivity contribution in [1.82, 2.24) is 10.2 Å². The van der Waals surface area contributed by atoms with Gasteiger partial charge in [0.2, 0.25) is 11.8 Å². The van der Waals surface area contributed by atoms with E-state index in [2.05, 4.69) is 5.32 Å². The van der Waals surface area contributed by atoms with Crippen molar-refractivity contribution in [2.75, 3.05) is 13.7 Å².